The molecular weight excluding hydrogens is 222 g/mol. The molecule has 0 bridgehead atoms. The summed E-state index contributed by atoms with van der Waals surface area (Å²) in [5.74, 6) is 1.19. The van der Waals surface area contributed by atoms with E-state index in [9.17, 15) is 5.11 Å². The molecule has 3 unspecified atom stereocenters. The lowest BCUT2D eigenvalue weighted by molar-refractivity contribution is -0.0441. The lowest BCUT2D eigenvalue weighted by Gasteiger charge is -2.38. The topological polar surface area (TPSA) is 46.2 Å². The summed E-state index contributed by atoms with van der Waals surface area (Å²) in [5, 5.41) is 11.1. The summed E-state index contributed by atoms with van der Waals surface area (Å²) < 4.78 is 0. The molecule has 3 N–H and O–H groups in total. The molecule has 0 heterocycles. The highest BCUT2D eigenvalue weighted by molar-refractivity contribution is 5.49. The van der Waals surface area contributed by atoms with Crippen LogP contribution >= 0.6 is 0 Å². The Morgan fingerprint density at radius 3 is 2.94 bits per heavy atom. The van der Waals surface area contributed by atoms with Crippen LogP contribution in [0.3, 0.4) is 0 Å². The van der Waals surface area contributed by atoms with Gasteiger partial charge in [0.25, 0.3) is 0 Å². The van der Waals surface area contributed by atoms with Crippen molar-refractivity contribution in [1.29, 1.82) is 0 Å². The van der Waals surface area contributed by atoms with Gasteiger partial charge in [0.05, 0.1) is 5.60 Å². The molecule has 1 fully saturated rings. The number of hydrogen-bond donors (Lipinski definition) is 2. The number of rotatable bonds is 1. The van der Waals surface area contributed by atoms with Gasteiger partial charge in [-0.25, -0.2) is 0 Å². The van der Waals surface area contributed by atoms with Crippen molar-refractivity contribution in [2.24, 2.45) is 11.8 Å². The summed E-state index contributed by atoms with van der Waals surface area (Å²) in [7, 11) is 0. The Morgan fingerprint density at radius 1 is 1.33 bits per heavy atom. The minimum atomic E-state index is -0.586. The van der Waals surface area contributed by atoms with Gasteiger partial charge in [-0.05, 0) is 60.8 Å². The second-order valence-corrected chi connectivity index (χ2v) is 6.31. The van der Waals surface area contributed by atoms with Crippen molar-refractivity contribution in [1.82, 2.24) is 0 Å². The molecule has 1 aromatic carbocycles. The van der Waals surface area contributed by atoms with Crippen molar-refractivity contribution < 1.29 is 5.11 Å². The van der Waals surface area contributed by atoms with E-state index < -0.39 is 5.60 Å². The molecule has 98 valence electrons. The average Bonchev–Trinajstić information content (AvgIpc) is 2.68. The van der Waals surface area contributed by atoms with Crippen LogP contribution in [-0.4, -0.2) is 5.11 Å². The van der Waals surface area contributed by atoms with Crippen molar-refractivity contribution in [3.8, 4) is 0 Å². The van der Waals surface area contributed by atoms with Gasteiger partial charge in [-0.1, -0.05) is 25.8 Å². The highest BCUT2D eigenvalue weighted by atomic mass is 16.3. The van der Waals surface area contributed by atoms with Crippen LogP contribution in [0.5, 0.6) is 0 Å². The van der Waals surface area contributed by atoms with Crippen LogP contribution in [0.25, 0.3) is 0 Å². The maximum absolute atomic E-state index is 11.1. The standard InChI is InChI=1S/C16H23NO/c1-11-3-2-4-13(9-11)16(18)8-7-12-10-14(17)5-6-15(12)16/h5-6,10-11,13,18H,2-4,7-9,17H2,1H3. The molecule has 2 heteroatoms. The molecule has 3 rings (SSSR count). The van der Waals surface area contributed by atoms with Gasteiger partial charge in [-0.2, -0.15) is 0 Å². The van der Waals surface area contributed by atoms with Gasteiger partial charge in [0.1, 0.15) is 0 Å². The zero-order chi connectivity index (χ0) is 12.8. The Bertz CT molecular complexity index is 456. The molecule has 2 nitrogen and oxygen atoms in total. The second kappa shape index (κ2) is 4.27. The number of hydrogen-bond acceptors (Lipinski definition) is 2. The van der Waals surface area contributed by atoms with E-state index in [2.05, 4.69) is 13.0 Å². The number of nitrogen functional groups attached to an aromatic ring is 1. The number of benzene rings is 1. The molecule has 0 aromatic heterocycles. The van der Waals surface area contributed by atoms with Crippen molar-refractivity contribution >= 4 is 5.69 Å². The van der Waals surface area contributed by atoms with E-state index >= 15 is 0 Å². The SMILES string of the molecule is CC1CCCC(C2(O)CCc3cc(N)ccc32)C1. The van der Waals surface area contributed by atoms with E-state index in [0.29, 0.717) is 5.92 Å². The summed E-state index contributed by atoms with van der Waals surface area (Å²) in [6.07, 6.45) is 6.77. The van der Waals surface area contributed by atoms with Crippen molar-refractivity contribution in [3.63, 3.8) is 0 Å². The Balaban J connectivity index is 1.93. The average molecular weight is 245 g/mol. The maximum atomic E-state index is 11.1. The fourth-order valence-corrected chi connectivity index (χ4v) is 3.99. The van der Waals surface area contributed by atoms with Gasteiger partial charge in [-0.3, -0.25) is 0 Å². The minimum absolute atomic E-state index is 0.436. The van der Waals surface area contributed by atoms with E-state index in [1.54, 1.807) is 0 Å². The molecule has 0 spiro atoms. The lowest BCUT2D eigenvalue weighted by atomic mass is 9.71. The van der Waals surface area contributed by atoms with Crippen LogP contribution in [-0.2, 0) is 12.0 Å². The number of nitrogens with two attached hydrogens (primary N) is 1. The lowest BCUT2D eigenvalue weighted by Crippen LogP contribution is -2.35. The van der Waals surface area contributed by atoms with Crippen molar-refractivity contribution in [2.45, 2.75) is 51.0 Å². The smallest absolute Gasteiger partial charge is 0.0930 e. The number of aryl methyl sites for hydroxylation is 1. The first-order valence-corrected chi connectivity index (χ1v) is 7.21. The molecular formula is C16H23NO. The van der Waals surface area contributed by atoms with E-state index in [-0.39, 0.29) is 0 Å². The summed E-state index contributed by atoms with van der Waals surface area (Å²) in [5.41, 5.74) is 8.48. The minimum Gasteiger partial charge on any atom is -0.399 e. The third-order valence-electron chi connectivity index (χ3n) is 4.98. The van der Waals surface area contributed by atoms with Gasteiger partial charge in [-0.15, -0.1) is 0 Å². The highest BCUT2D eigenvalue weighted by Gasteiger charge is 2.44. The van der Waals surface area contributed by atoms with Crippen LogP contribution in [0.1, 0.15) is 50.2 Å². The molecule has 0 saturated heterocycles. The maximum Gasteiger partial charge on any atom is 0.0930 e. The molecule has 0 aliphatic heterocycles. The molecule has 3 atom stereocenters. The van der Waals surface area contributed by atoms with E-state index in [1.165, 1.54) is 31.2 Å². The fraction of sp³-hybridized carbons (Fsp3) is 0.625. The summed E-state index contributed by atoms with van der Waals surface area (Å²) in [4.78, 5) is 0. The van der Waals surface area contributed by atoms with Gasteiger partial charge in [0.15, 0.2) is 0 Å². The molecule has 2 aliphatic carbocycles. The predicted octanol–water partition coefficient (Wildman–Crippen LogP) is 3.23. The summed E-state index contributed by atoms with van der Waals surface area (Å²) in [6, 6.07) is 6.03. The number of fused-ring (bicyclic) bond motifs is 1. The van der Waals surface area contributed by atoms with E-state index in [1.807, 2.05) is 12.1 Å². The molecule has 0 amide bonds. The first-order valence-electron chi connectivity index (χ1n) is 7.21. The van der Waals surface area contributed by atoms with Gasteiger partial charge in [0, 0.05) is 5.69 Å². The van der Waals surface area contributed by atoms with E-state index in [0.717, 1.165) is 30.0 Å². The Labute approximate surface area is 109 Å². The largest absolute Gasteiger partial charge is 0.399 e. The quantitative estimate of drug-likeness (QED) is 0.746. The van der Waals surface area contributed by atoms with Crippen molar-refractivity contribution in [3.05, 3.63) is 29.3 Å². The Hall–Kier alpha value is -1.02. The predicted molar refractivity (Wildman–Crippen MR) is 74.2 cm³/mol. The van der Waals surface area contributed by atoms with Gasteiger partial charge in [0.2, 0.25) is 0 Å². The first kappa shape index (κ1) is 12.0. The van der Waals surface area contributed by atoms with E-state index in [4.69, 9.17) is 5.73 Å². The van der Waals surface area contributed by atoms with Gasteiger partial charge >= 0.3 is 0 Å². The Morgan fingerprint density at radius 2 is 2.17 bits per heavy atom. The fourth-order valence-electron chi connectivity index (χ4n) is 3.99. The zero-order valence-corrected chi connectivity index (χ0v) is 11.2. The molecule has 1 saturated carbocycles. The third kappa shape index (κ3) is 1.83. The summed E-state index contributed by atoms with van der Waals surface area (Å²) >= 11 is 0. The van der Waals surface area contributed by atoms with Crippen molar-refractivity contribution in [2.75, 3.05) is 5.73 Å². The monoisotopic (exact) mass is 245 g/mol. The molecule has 18 heavy (non-hydrogen) atoms. The normalized spacial score (nSPS) is 35.4. The van der Waals surface area contributed by atoms with Gasteiger partial charge < -0.3 is 10.8 Å². The zero-order valence-electron chi connectivity index (χ0n) is 11.2. The molecule has 0 radical (unpaired) electrons. The molecule has 2 aliphatic rings. The highest BCUT2D eigenvalue weighted by Crippen LogP contribution is 2.48. The molecule has 1 aromatic rings. The third-order valence-corrected chi connectivity index (χ3v) is 4.98. The first-order chi connectivity index (χ1) is 8.59. The summed E-state index contributed by atoms with van der Waals surface area (Å²) in [6.45, 7) is 2.31. The van der Waals surface area contributed by atoms with Crippen LogP contribution in [0.15, 0.2) is 18.2 Å². The van der Waals surface area contributed by atoms with Crippen LogP contribution in [0.4, 0.5) is 5.69 Å². The van der Waals surface area contributed by atoms with Crippen LogP contribution in [0.2, 0.25) is 0 Å². The Kier molecular flexibility index (Phi) is 2.86. The van der Waals surface area contributed by atoms with Crippen LogP contribution < -0.4 is 5.73 Å². The second-order valence-electron chi connectivity index (χ2n) is 6.31. The number of anilines is 1. The number of aliphatic hydroxyl groups is 1. The van der Waals surface area contributed by atoms with Crippen LogP contribution in [0, 0.1) is 11.8 Å².